The Morgan fingerprint density at radius 3 is 2.67 bits per heavy atom. The summed E-state index contributed by atoms with van der Waals surface area (Å²) in [5.41, 5.74) is 1.07. The first kappa shape index (κ1) is 16.4. The molecule has 0 saturated carbocycles. The quantitative estimate of drug-likeness (QED) is 0.684. The lowest BCUT2D eigenvalue weighted by Gasteiger charge is -2.21. The zero-order valence-corrected chi connectivity index (χ0v) is 13.8. The van der Waals surface area contributed by atoms with E-state index in [-0.39, 0.29) is 11.6 Å². The Hall–Kier alpha value is -0.970. The highest BCUT2D eigenvalue weighted by Crippen LogP contribution is 2.31. The Kier molecular flexibility index (Phi) is 5.73. The van der Waals surface area contributed by atoms with Crippen LogP contribution in [0, 0.1) is 11.6 Å². The fourth-order valence-corrected chi connectivity index (χ4v) is 2.63. The number of rotatable bonds is 5. The van der Waals surface area contributed by atoms with E-state index in [2.05, 4.69) is 21.2 Å². The summed E-state index contributed by atoms with van der Waals surface area (Å²) in [5, 5.41) is 3.66. The largest absolute Gasteiger partial charge is 0.306 e. The average molecular weight is 375 g/mol. The Morgan fingerprint density at radius 2 is 2.00 bits per heavy atom. The van der Waals surface area contributed by atoms with E-state index in [0.29, 0.717) is 27.2 Å². The van der Waals surface area contributed by atoms with Crippen molar-refractivity contribution < 1.29 is 8.78 Å². The Bertz CT molecular complexity index is 634. The molecule has 1 atom stereocenters. The van der Waals surface area contributed by atoms with Crippen LogP contribution in [0.5, 0.6) is 0 Å². The van der Waals surface area contributed by atoms with Gasteiger partial charge in [0, 0.05) is 10.0 Å². The van der Waals surface area contributed by atoms with Crippen LogP contribution >= 0.6 is 27.5 Å². The predicted molar refractivity (Wildman–Crippen MR) is 85.6 cm³/mol. The standard InChI is InChI=1S/C16H15BrClF2N/c1-2-6-21-16(10-4-3-5-11(19)7-10)12-8-14(18)13(17)9-15(12)20/h3-5,7-9,16,21H,2,6H2,1H3. The molecule has 0 heterocycles. The van der Waals surface area contributed by atoms with E-state index >= 15 is 0 Å². The molecule has 1 N–H and O–H groups in total. The molecule has 0 saturated heterocycles. The van der Waals surface area contributed by atoms with E-state index in [1.807, 2.05) is 6.92 Å². The van der Waals surface area contributed by atoms with Crippen molar-refractivity contribution in [2.75, 3.05) is 6.54 Å². The molecule has 21 heavy (non-hydrogen) atoms. The summed E-state index contributed by atoms with van der Waals surface area (Å²) in [6.07, 6.45) is 0.887. The molecule has 2 rings (SSSR count). The molecule has 0 aliphatic carbocycles. The SMILES string of the molecule is CCCNC(c1cccc(F)c1)c1cc(Cl)c(Br)cc1F. The molecule has 0 bridgehead atoms. The highest BCUT2D eigenvalue weighted by Gasteiger charge is 2.19. The van der Waals surface area contributed by atoms with Gasteiger partial charge in [0.25, 0.3) is 0 Å². The average Bonchev–Trinajstić information content (AvgIpc) is 2.44. The molecule has 2 aromatic rings. The molecule has 2 aromatic carbocycles. The van der Waals surface area contributed by atoms with Crippen molar-refractivity contribution >= 4 is 27.5 Å². The molecule has 0 aliphatic heterocycles. The van der Waals surface area contributed by atoms with Crippen LogP contribution in [-0.2, 0) is 0 Å². The van der Waals surface area contributed by atoms with Crippen molar-refractivity contribution in [1.29, 1.82) is 0 Å². The molecule has 0 aliphatic rings. The molecule has 0 radical (unpaired) electrons. The fourth-order valence-electron chi connectivity index (χ4n) is 2.14. The summed E-state index contributed by atoms with van der Waals surface area (Å²) < 4.78 is 28.2. The smallest absolute Gasteiger partial charge is 0.129 e. The van der Waals surface area contributed by atoms with Gasteiger partial charge in [-0.15, -0.1) is 0 Å². The minimum Gasteiger partial charge on any atom is -0.306 e. The van der Waals surface area contributed by atoms with E-state index in [0.717, 1.165) is 6.42 Å². The minimum atomic E-state index is -0.439. The molecule has 1 unspecified atom stereocenters. The second-order valence-corrected chi connectivity index (χ2v) is 5.99. The van der Waals surface area contributed by atoms with Gasteiger partial charge in [0.1, 0.15) is 11.6 Å². The highest BCUT2D eigenvalue weighted by atomic mass is 79.9. The molecular weight excluding hydrogens is 360 g/mol. The Labute approximate surface area is 136 Å². The topological polar surface area (TPSA) is 12.0 Å². The van der Waals surface area contributed by atoms with Gasteiger partial charge >= 0.3 is 0 Å². The lowest BCUT2D eigenvalue weighted by atomic mass is 9.98. The van der Waals surface area contributed by atoms with E-state index < -0.39 is 6.04 Å². The maximum Gasteiger partial charge on any atom is 0.129 e. The van der Waals surface area contributed by atoms with Crippen molar-refractivity contribution in [3.05, 3.63) is 68.7 Å². The Morgan fingerprint density at radius 1 is 1.24 bits per heavy atom. The highest BCUT2D eigenvalue weighted by molar-refractivity contribution is 9.10. The van der Waals surface area contributed by atoms with Crippen LogP contribution in [0.1, 0.15) is 30.5 Å². The first-order valence-electron chi connectivity index (χ1n) is 6.66. The minimum absolute atomic E-state index is 0.348. The van der Waals surface area contributed by atoms with Crippen LogP contribution in [0.3, 0.4) is 0 Å². The van der Waals surface area contributed by atoms with Crippen LogP contribution in [0.15, 0.2) is 40.9 Å². The normalized spacial score (nSPS) is 12.4. The predicted octanol–water partition coefficient (Wildman–Crippen LogP) is 5.47. The summed E-state index contributed by atoms with van der Waals surface area (Å²) in [5.74, 6) is -0.733. The monoisotopic (exact) mass is 373 g/mol. The fraction of sp³-hybridized carbons (Fsp3) is 0.250. The molecule has 0 fully saturated rings. The van der Waals surface area contributed by atoms with E-state index in [9.17, 15) is 8.78 Å². The molecule has 112 valence electrons. The number of benzene rings is 2. The van der Waals surface area contributed by atoms with Gasteiger partial charge in [-0.2, -0.15) is 0 Å². The van der Waals surface area contributed by atoms with Crippen molar-refractivity contribution in [3.63, 3.8) is 0 Å². The van der Waals surface area contributed by atoms with E-state index in [1.165, 1.54) is 18.2 Å². The second kappa shape index (κ2) is 7.34. The molecule has 1 nitrogen and oxygen atoms in total. The maximum atomic E-state index is 14.3. The van der Waals surface area contributed by atoms with Crippen molar-refractivity contribution in [3.8, 4) is 0 Å². The number of hydrogen-bond acceptors (Lipinski definition) is 1. The summed E-state index contributed by atoms with van der Waals surface area (Å²) >= 11 is 9.26. The third-order valence-electron chi connectivity index (χ3n) is 3.13. The van der Waals surface area contributed by atoms with Crippen LogP contribution in [0.25, 0.3) is 0 Å². The van der Waals surface area contributed by atoms with Crippen molar-refractivity contribution in [2.24, 2.45) is 0 Å². The third kappa shape index (κ3) is 4.02. The molecule has 5 heteroatoms. The molecule has 0 amide bonds. The molecule has 0 aromatic heterocycles. The summed E-state index contributed by atoms with van der Waals surface area (Å²) in [7, 11) is 0. The first-order valence-corrected chi connectivity index (χ1v) is 7.83. The Balaban J connectivity index is 2.47. The van der Waals surface area contributed by atoms with E-state index in [4.69, 9.17) is 11.6 Å². The van der Waals surface area contributed by atoms with Crippen LogP contribution in [0.2, 0.25) is 5.02 Å². The first-order chi connectivity index (χ1) is 10.0. The van der Waals surface area contributed by atoms with Gasteiger partial charge in [-0.05, 0) is 58.7 Å². The number of hydrogen-bond donors (Lipinski definition) is 1. The van der Waals surface area contributed by atoms with Crippen LogP contribution in [-0.4, -0.2) is 6.54 Å². The van der Waals surface area contributed by atoms with Gasteiger partial charge in [-0.3, -0.25) is 0 Å². The van der Waals surface area contributed by atoms with Gasteiger partial charge in [0.15, 0.2) is 0 Å². The zero-order valence-electron chi connectivity index (χ0n) is 11.5. The van der Waals surface area contributed by atoms with Crippen molar-refractivity contribution in [2.45, 2.75) is 19.4 Å². The molecular formula is C16H15BrClF2N. The number of halogens is 4. The number of nitrogens with one attached hydrogen (secondary N) is 1. The van der Waals surface area contributed by atoms with Crippen LogP contribution in [0.4, 0.5) is 8.78 Å². The van der Waals surface area contributed by atoms with Gasteiger partial charge in [-0.1, -0.05) is 30.7 Å². The van der Waals surface area contributed by atoms with Crippen molar-refractivity contribution in [1.82, 2.24) is 5.32 Å². The van der Waals surface area contributed by atoms with Gasteiger partial charge in [0.05, 0.1) is 11.1 Å². The van der Waals surface area contributed by atoms with Gasteiger partial charge in [0.2, 0.25) is 0 Å². The maximum absolute atomic E-state index is 14.3. The molecule has 0 spiro atoms. The lowest BCUT2D eigenvalue weighted by molar-refractivity contribution is 0.542. The van der Waals surface area contributed by atoms with Gasteiger partial charge < -0.3 is 5.32 Å². The van der Waals surface area contributed by atoms with Gasteiger partial charge in [-0.25, -0.2) is 8.78 Å². The summed E-state index contributed by atoms with van der Waals surface area (Å²) in [4.78, 5) is 0. The summed E-state index contributed by atoms with van der Waals surface area (Å²) in [6, 6.07) is 8.62. The third-order valence-corrected chi connectivity index (χ3v) is 4.33. The second-order valence-electron chi connectivity index (χ2n) is 4.73. The van der Waals surface area contributed by atoms with E-state index in [1.54, 1.807) is 18.2 Å². The summed E-state index contributed by atoms with van der Waals surface area (Å²) in [6.45, 7) is 2.70. The zero-order chi connectivity index (χ0) is 15.4. The lowest BCUT2D eigenvalue weighted by Crippen LogP contribution is -2.24. The van der Waals surface area contributed by atoms with Crippen LogP contribution < -0.4 is 5.32 Å².